The molecule has 1 aliphatic heterocycles. The van der Waals surface area contributed by atoms with Crippen LogP contribution in [0.4, 0.5) is 5.95 Å². The molecule has 0 spiro atoms. The summed E-state index contributed by atoms with van der Waals surface area (Å²) in [5.74, 6) is 1.05. The Morgan fingerprint density at radius 3 is 2.88 bits per heavy atom. The Morgan fingerprint density at radius 2 is 2.00 bits per heavy atom. The van der Waals surface area contributed by atoms with Gasteiger partial charge in [0.1, 0.15) is 18.7 Å². The molecule has 3 aromatic rings. The first-order valence-electron chi connectivity index (χ1n) is 7.87. The molecule has 0 aliphatic carbocycles. The minimum Gasteiger partial charge on any atom is -0.488 e. The highest BCUT2D eigenvalue weighted by atomic mass is 35.5. The van der Waals surface area contributed by atoms with Crippen LogP contribution in [0.1, 0.15) is 23.6 Å². The molecule has 126 valence electrons. The highest BCUT2D eigenvalue weighted by molar-refractivity contribution is 6.31. The van der Waals surface area contributed by atoms with Crippen LogP contribution < -0.4 is 10.1 Å². The Balaban J connectivity index is 1.64. The standard InChI is InChI=1S/C18H15ClN4O2/c19-14-7-3-1-5-12(14)10-25-16-8-4-2-6-13(16)15-9-17(24)22-18-20-11-21-23(15)18/h1-8,11,15H,9-10H2,(H,20,21,22,24)/t15-/m1/s1. The van der Waals surface area contributed by atoms with E-state index in [1.54, 1.807) is 4.68 Å². The van der Waals surface area contributed by atoms with Crippen LogP contribution in [0.2, 0.25) is 5.02 Å². The molecule has 7 heteroatoms. The number of ether oxygens (including phenoxy) is 1. The Bertz CT molecular complexity index is 925. The number of fused-ring (bicyclic) bond motifs is 1. The Morgan fingerprint density at radius 1 is 1.20 bits per heavy atom. The fourth-order valence-corrected chi connectivity index (χ4v) is 3.10. The van der Waals surface area contributed by atoms with Crippen molar-refractivity contribution in [1.82, 2.24) is 14.8 Å². The molecule has 1 atom stereocenters. The number of carbonyl (C=O) groups excluding carboxylic acids is 1. The van der Waals surface area contributed by atoms with Crippen LogP contribution in [-0.2, 0) is 11.4 Å². The van der Waals surface area contributed by atoms with Gasteiger partial charge in [-0.1, -0.05) is 48.0 Å². The molecule has 0 saturated heterocycles. The molecule has 2 heterocycles. The summed E-state index contributed by atoms with van der Waals surface area (Å²) in [6, 6.07) is 14.9. The van der Waals surface area contributed by atoms with Crippen molar-refractivity contribution in [1.29, 1.82) is 0 Å². The van der Waals surface area contributed by atoms with Gasteiger partial charge in [0, 0.05) is 16.1 Å². The van der Waals surface area contributed by atoms with E-state index < -0.39 is 0 Å². The molecule has 1 aliphatic rings. The molecule has 25 heavy (non-hydrogen) atoms. The Kier molecular flexibility index (Phi) is 4.11. The average molecular weight is 355 g/mol. The fraction of sp³-hybridized carbons (Fsp3) is 0.167. The molecule has 1 amide bonds. The third-order valence-electron chi connectivity index (χ3n) is 4.12. The topological polar surface area (TPSA) is 69.0 Å². The lowest BCUT2D eigenvalue weighted by Crippen LogP contribution is -2.29. The van der Waals surface area contributed by atoms with Gasteiger partial charge in [0.15, 0.2) is 0 Å². The molecule has 0 bridgehead atoms. The highest BCUT2D eigenvalue weighted by Crippen LogP contribution is 2.34. The monoisotopic (exact) mass is 354 g/mol. The SMILES string of the molecule is O=C1C[C@H](c2ccccc2OCc2ccccc2Cl)n2ncnc2N1. The van der Waals surface area contributed by atoms with Crippen molar-refractivity contribution < 1.29 is 9.53 Å². The van der Waals surface area contributed by atoms with Gasteiger partial charge in [0.25, 0.3) is 0 Å². The predicted molar refractivity (Wildman–Crippen MR) is 93.6 cm³/mol. The number of nitrogens with zero attached hydrogens (tertiary/aromatic N) is 3. The van der Waals surface area contributed by atoms with Gasteiger partial charge in [0.05, 0.1) is 12.5 Å². The van der Waals surface area contributed by atoms with Crippen molar-refractivity contribution in [3.05, 3.63) is 71.0 Å². The van der Waals surface area contributed by atoms with Gasteiger partial charge < -0.3 is 4.74 Å². The van der Waals surface area contributed by atoms with E-state index in [1.165, 1.54) is 6.33 Å². The summed E-state index contributed by atoms with van der Waals surface area (Å²) in [5.41, 5.74) is 1.79. The second-order valence-electron chi connectivity index (χ2n) is 5.71. The molecule has 1 aromatic heterocycles. The van der Waals surface area contributed by atoms with Crippen LogP contribution in [0.15, 0.2) is 54.9 Å². The van der Waals surface area contributed by atoms with Crippen LogP contribution in [0.3, 0.4) is 0 Å². The maximum Gasteiger partial charge on any atom is 0.229 e. The van der Waals surface area contributed by atoms with Gasteiger partial charge in [-0.2, -0.15) is 10.1 Å². The zero-order chi connectivity index (χ0) is 17.2. The van der Waals surface area contributed by atoms with E-state index in [1.807, 2.05) is 48.5 Å². The third-order valence-corrected chi connectivity index (χ3v) is 4.49. The van der Waals surface area contributed by atoms with Crippen LogP contribution >= 0.6 is 11.6 Å². The smallest absolute Gasteiger partial charge is 0.229 e. The summed E-state index contributed by atoms with van der Waals surface area (Å²) in [4.78, 5) is 16.1. The second kappa shape index (κ2) is 6.57. The Labute approximate surface area is 149 Å². The largest absolute Gasteiger partial charge is 0.488 e. The number of amides is 1. The van der Waals surface area contributed by atoms with E-state index in [0.29, 0.717) is 23.3 Å². The van der Waals surface area contributed by atoms with Gasteiger partial charge in [-0.15, -0.1) is 0 Å². The molecule has 1 N–H and O–H groups in total. The van der Waals surface area contributed by atoms with Crippen molar-refractivity contribution in [3.63, 3.8) is 0 Å². The van der Waals surface area contributed by atoms with Crippen molar-refractivity contribution >= 4 is 23.5 Å². The number of carbonyl (C=O) groups is 1. The van der Waals surface area contributed by atoms with Gasteiger partial charge >= 0.3 is 0 Å². The molecular formula is C18H15ClN4O2. The number of halogens is 1. The first-order chi connectivity index (χ1) is 12.2. The van der Waals surface area contributed by atoms with E-state index in [0.717, 1.165) is 11.1 Å². The van der Waals surface area contributed by atoms with Gasteiger partial charge in [-0.05, 0) is 12.1 Å². The van der Waals surface area contributed by atoms with Gasteiger partial charge in [-0.25, -0.2) is 4.68 Å². The molecule has 4 rings (SSSR count). The average Bonchev–Trinajstić information content (AvgIpc) is 3.09. The lowest BCUT2D eigenvalue weighted by molar-refractivity contribution is -0.117. The summed E-state index contributed by atoms with van der Waals surface area (Å²) >= 11 is 6.20. The van der Waals surface area contributed by atoms with Crippen molar-refractivity contribution in [2.75, 3.05) is 5.32 Å². The molecule has 6 nitrogen and oxygen atoms in total. The molecular weight excluding hydrogens is 340 g/mol. The first-order valence-corrected chi connectivity index (χ1v) is 8.24. The number of para-hydroxylation sites is 1. The molecule has 0 unspecified atom stereocenters. The third kappa shape index (κ3) is 3.08. The molecule has 0 saturated carbocycles. The van der Waals surface area contributed by atoms with Gasteiger partial charge in [-0.3, -0.25) is 10.1 Å². The normalized spacial score (nSPS) is 16.2. The Hall–Kier alpha value is -2.86. The fourth-order valence-electron chi connectivity index (χ4n) is 2.91. The summed E-state index contributed by atoms with van der Waals surface area (Å²) < 4.78 is 7.71. The number of hydrogen-bond acceptors (Lipinski definition) is 4. The number of rotatable bonds is 4. The summed E-state index contributed by atoms with van der Waals surface area (Å²) in [5, 5.41) is 7.62. The van der Waals surface area contributed by atoms with E-state index in [-0.39, 0.29) is 18.4 Å². The minimum absolute atomic E-state index is 0.0913. The zero-order valence-corrected chi connectivity index (χ0v) is 14.0. The maximum absolute atomic E-state index is 12.0. The number of anilines is 1. The van der Waals surface area contributed by atoms with E-state index in [9.17, 15) is 4.79 Å². The van der Waals surface area contributed by atoms with Crippen LogP contribution in [0.5, 0.6) is 5.75 Å². The number of nitrogens with one attached hydrogen (secondary N) is 1. The summed E-state index contributed by atoms with van der Waals surface area (Å²) in [6.45, 7) is 0.347. The van der Waals surface area contributed by atoms with Crippen LogP contribution in [0.25, 0.3) is 0 Å². The van der Waals surface area contributed by atoms with Crippen molar-refractivity contribution in [2.24, 2.45) is 0 Å². The van der Waals surface area contributed by atoms with Crippen molar-refractivity contribution in [3.8, 4) is 5.75 Å². The highest BCUT2D eigenvalue weighted by Gasteiger charge is 2.29. The van der Waals surface area contributed by atoms with E-state index >= 15 is 0 Å². The zero-order valence-electron chi connectivity index (χ0n) is 13.2. The van der Waals surface area contributed by atoms with Gasteiger partial charge in [0.2, 0.25) is 11.9 Å². The summed E-state index contributed by atoms with van der Waals surface area (Å²) in [7, 11) is 0. The second-order valence-corrected chi connectivity index (χ2v) is 6.12. The molecule has 2 aromatic carbocycles. The van der Waals surface area contributed by atoms with Crippen LogP contribution in [0, 0.1) is 0 Å². The number of hydrogen-bond donors (Lipinski definition) is 1. The number of aromatic nitrogens is 3. The summed E-state index contributed by atoms with van der Waals surface area (Å²) in [6.07, 6.45) is 1.71. The molecule has 0 radical (unpaired) electrons. The van der Waals surface area contributed by atoms with Crippen molar-refractivity contribution in [2.45, 2.75) is 19.1 Å². The number of benzene rings is 2. The predicted octanol–water partition coefficient (Wildman–Crippen LogP) is 3.44. The van der Waals surface area contributed by atoms with E-state index in [2.05, 4.69) is 15.4 Å². The quantitative estimate of drug-likeness (QED) is 0.779. The minimum atomic E-state index is -0.256. The lowest BCUT2D eigenvalue weighted by Gasteiger charge is -2.25. The lowest BCUT2D eigenvalue weighted by atomic mass is 10.0. The maximum atomic E-state index is 12.0. The van der Waals surface area contributed by atoms with Crippen LogP contribution in [-0.4, -0.2) is 20.7 Å². The first kappa shape index (κ1) is 15.7. The van der Waals surface area contributed by atoms with E-state index in [4.69, 9.17) is 16.3 Å². The molecule has 0 fully saturated rings.